The Bertz CT molecular complexity index is 987. The lowest BCUT2D eigenvalue weighted by atomic mass is 10.0. The number of carbonyl (C=O) groups excluding carboxylic acids is 2. The molecule has 1 N–H and O–H groups in total. The highest BCUT2D eigenvalue weighted by Crippen LogP contribution is 2.32. The smallest absolute Gasteiger partial charge is 0.270 e. The number of halogens is 2. The lowest BCUT2D eigenvalue weighted by Gasteiger charge is -2.24. The number of nitrogens with zero attached hydrogens (tertiary/aromatic N) is 3. The summed E-state index contributed by atoms with van der Waals surface area (Å²) >= 11 is 12.6. The summed E-state index contributed by atoms with van der Waals surface area (Å²) < 4.78 is 7.53. The fraction of sp³-hybridized carbons (Fsp3) is 0.500. The van der Waals surface area contributed by atoms with Gasteiger partial charge in [0.05, 0.1) is 40.6 Å². The van der Waals surface area contributed by atoms with E-state index in [-0.39, 0.29) is 23.9 Å². The maximum absolute atomic E-state index is 13.3. The number of aromatic nitrogens is 2. The fourth-order valence-electron chi connectivity index (χ4n) is 4.45. The van der Waals surface area contributed by atoms with Gasteiger partial charge in [-0.15, -0.1) is 0 Å². The molecule has 2 aromatic heterocycles. The van der Waals surface area contributed by atoms with Gasteiger partial charge in [0.15, 0.2) is 0 Å². The van der Waals surface area contributed by atoms with Crippen molar-refractivity contribution in [1.29, 1.82) is 0 Å². The Hall–Kier alpha value is -2.09. The Morgan fingerprint density at radius 1 is 1.29 bits per heavy atom. The van der Waals surface area contributed by atoms with Gasteiger partial charge in [0.25, 0.3) is 11.8 Å². The first-order valence-electron chi connectivity index (χ1n) is 10.6. The van der Waals surface area contributed by atoms with E-state index in [1.54, 1.807) is 6.07 Å². The van der Waals surface area contributed by atoms with Crippen LogP contribution in [-0.2, 0) is 17.9 Å². The van der Waals surface area contributed by atoms with Crippen molar-refractivity contribution in [3.8, 4) is 0 Å². The second-order valence-corrected chi connectivity index (χ2v) is 8.85. The van der Waals surface area contributed by atoms with Crippen LogP contribution in [0.5, 0.6) is 0 Å². The number of amides is 2. The molecule has 2 aliphatic rings. The Labute approximate surface area is 191 Å². The van der Waals surface area contributed by atoms with Crippen LogP contribution in [0.1, 0.15) is 71.3 Å². The molecule has 31 heavy (non-hydrogen) atoms. The number of nitrogens with one attached hydrogen (secondary N) is 1. The molecule has 0 aromatic carbocycles. The number of fused-ring (bicyclic) bond motifs is 1. The maximum Gasteiger partial charge on any atom is 0.270 e. The topological polar surface area (TPSA) is 76.5 Å². The molecule has 1 saturated heterocycles. The van der Waals surface area contributed by atoms with Crippen LogP contribution in [0.3, 0.4) is 0 Å². The SMILES string of the molecule is CC[C@@H](NC(=O)c1cc(C(=O)N2CCC[C@@H]2C)n2c1COCC2)c1c(Cl)cncc1Cl. The Morgan fingerprint density at radius 3 is 2.68 bits per heavy atom. The number of likely N-dealkylation sites (tertiary alicyclic amines) is 1. The minimum atomic E-state index is -0.381. The van der Waals surface area contributed by atoms with Crippen LogP contribution in [0.4, 0.5) is 0 Å². The summed E-state index contributed by atoms with van der Waals surface area (Å²) in [5.74, 6) is -0.307. The monoisotopic (exact) mass is 464 g/mol. The molecule has 0 aliphatic carbocycles. The first-order valence-corrected chi connectivity index (χ1v) is 11.4. The first-order chi connectivity index (χ1) is 14.9. The van der Waals surface area contributed by atoms with Crippen molar-refractivity contribution >= 4 is 35.0 Å². The molecular weight excluding hydrogens is 439 g/mol. The molecule has 0 unspecified atom stereocenters. The molecule has 2 aliphatic heterocycles. The van der Waals surface area contributed by atoms with Gasteiger partial charge in [0.2, 0.25) is 0 Å². The van der Waals surface area contributed by atoms with E-state index in [0.29, 0.717) is 53.0 Å². The summed E-state index contributed by atoms with van der Waals surface area (Å²) in [5.41, 5.74) is 2.36. The summed E-state index contributed by atoms with van der Waals surface area (Å²) in [4.78, 5) is 32.4. The molecule has 0 radical (unpaired) electrons. The molecule has 0 saturated carbocycles. The van der Waals surface area contributed by atoms with Gasteiger partial charge in [-0.3, -0.25) is 14.6 Å². The molecular formula is C22H26Cl2N4O3. The lowest BCUT2D eigenvalue weighted by Crippen LogP contribution is -2.35. The lowest BCUT2D eigenvalue weighted by molar-refractivity contribution is 0.0683. The molecule has 4 heterocycles. The van der Waals surface area contributed by atoms with Crippen LogP contribution in [-0.4, -0.2) is 45.5 Å². The molecule has 1 fully saturated rings. The van der Waals surface area contributed by atoms with E-state index in [0.717, 1.165) is 25.1 Å². The summed E-state index contributed by atoms with van der Waals surface area (Å²) in [7, 11) is 0. The molecule has 4 rings (SSSR count). The Balaban J connectivity index is 1.65. The van der Waals surface area contributed by atoms with Gasteiger partial charge in [-0.2, -0.15) is 0 Å². The summed E-state index contributed by atoms with van der Waals surface area (Å²) in [6.45, 7) is 6.11. The highest BCUT2D eigenvalue weighted by molar-refractivity contribution is 6.35. The number of pyridine rings is 1. The molecule has 7 nitrogen and oxygen atoms in total. The van der Waals surface area contributed by atoms with Gasteiger partial charge < -0.3 is 19.5 Å². The Morgan fingerprint density at radius 2 is 2.03 bits per heavy atom. The molecule has 2 aromatic rings. The van der Waals surface area contributed by atoms with Crippen LogP contribution in [0.25, 0.3) is 0 Å². The molecule has 0 spiro atoms. The van der Waals surface area contributed by atoms with Crippen molar-refractivity contribution in [3.05, 3.63) is 51.0 Å². The van der Waals surface area contributed by atoms with E-state index in [2.05, 4.69) is 17.2 Å². The van der Waals surface area contributed by atoms with Crippen molar-refractivity contribution < 1.29 is 14.3 Å². The summed E-state index contributed by atoms with van der Waals surface area (Å²) in [6, 6.07) is 1.53. The van der Waals surface area contributed by atoms with Gasteiger partial charge in [-0.05, 0) is 32.3 Å². The zero-order valence-electron chi connectivity index (χ0n) is 17.7. The average Bonchev–Trinajstić information content (AvgIpc) is 3.36. The number of carbonyl (C=O) groups is 2. The van der Waals surface area contributed by atoms with Crippen LogP contribution in [0.15, 0.2) is 18.5 Å². The summed E-state index contributed by atoms with van der Waals surface area (Å²) in [6.07, 6.45) is 5.63. The van der Waals surface area contributed by atoms with E-state index in [1.165, 1.54) is 12.4 Å². The van der Waals surface area contributed by atoms with Gasteiger partial charge in [-0.25, -0.2) is 0 Å². The number of rotatable bonds is 5. The largest absolute Gasteiger partial charge is 0.373 e. The van der Waals surface area contributed by atoms with E-state index in [4.69, 9.17) is 27.9 Å². The zero-order valence-corrected chi connectivity index (χ0v) is 19.2. The standard InChI is InChI=1S/C22H26Cl2N4O3/c1-3-17(20-15(23)10-25-11-16(20)24)26-21(29)14-9-18(28-7-8-31-12-19(14)28)22(30)27-6-4-5-13(27)2/h9-11,13,17H,3-8,12H2,1-2H3,(H,26,29)/t13-,17+/m0/s1. The van der Waals surface area contributed by atoms with Gasteiger partial charge >= 0.3 is 0 Å². The average molecular weight is 465 g/mol. The molecule has 9 heteroatoms. The van der Waals surface area contributed by atoms with Crippen molar-refractivity contribution in [2.45, 2.75) is 58.3 Å². The third-order valence-corrected chi connectivity index (χ3v) is 6.74. The predicted molar refractivity (Wildman–Crippen MR) is 119 cm³/mol. The van der Waals surface area contributed by atoms with Crippen LogP contribution < -0.4 is 5.32 Å². The van der Waals surface area contributed by atoms with Crippen molar-refractivity contribution in [2.24, 2.45) is 0 Å². The van der Waals surface area contributed by atoms with Gasteiger partial charge in [0, 0.05) is 37.1 Å². The maximum atomic E-state index is 13.3. The fourth-order valence-corrected chi connectivity index (χ4v) is 5.08. The highest BCUT2D eigenvalue weighted by atomic mass is 35.5. The van der Waals surface area contributed by atoms with Crippen molar-refractivity contribution in [2.75, 3.05) is 13.2 Å². The van der Waals surface area contributed by atoms with E-state index >= 15 is 0 Å². The molecule has 0 bridgehead atoms. The predicted octanol–water partition coefficient (Wildman–Crippen LogP) is 4.23. The van der Waals surface area contributed by atoms with Gasteiger partial charge in [-0.1, -0.05) is 30.1 Å². The molecule has 2 atom stereocenters. The number of hydrogen-bond donors (Lipinski definition) is 1. The van der Waals surface area contributed by atoms with E-state index in [9.17, 15) is 9.59 Å². The van der Waals surface area contributed by atoms with Crippen molar-refractivity contribution in [3.63, 3.8) is 0 Å². The quantitative estimate of drug-likeness (QED) is 0.718. The third kappa shape index (κ3) is 4.19. The number of ether oxygens (including phenoxy) is 1. The van der Waals surface area contributed by atoms with Crippen LogP contribution in [0.2, 0.25) is 10.0 Å². The van der Waals surface area contributed by atoms with Crippen LogP contribution >= 0.6 is 23.2 Å². The van der Waals surface area contributed by atoms with E-state index in [1.807, 2.05) is 16.4 Å². The minimum absolute atomic E-state index is 0.0283. The zero-order chi connectivity index (χ0) is 22.1. The normalized spacial score (nSPS) is 19.2. The number of hydrogen-bond acceptors (Lipinski definition) is 4. The minimum Gasteiger partial charge on any atom is -0.373 e. The van der Waals surface area contributed by atoms with E-state index < -0.39 is 0 Å². The van der Waals surface area contributed by atoms with Crippen molar-refractivity contribution in [1.82, 2.24) is 19.8 Å². The Kier molecular flexibility index (Phi) is 6.55. The van der Waals surface area contributed by atoms with Gasteiger partial charge in [0.1, 0.15) is 5.69 Å². The molecule has 2 amide bonds. The third-order valence-electron chi connectivity index (χ3n) is 6.14. The summed E-state index contributed by atoms with van der Waals surface area (Å²) in [5, 5.41) is 3.84. The molecule has 166 valence electrons. The highest BCUT2D eigenvalue weighted by Gasteiger charge is 2.32. The second kappa shape index (κ2) is 9.18. The van der Waals surface area contributed by atoms with Crippen LogP contribution in [0, 0.1) is 0 Å². The second-order valence-electron chi connectivity index (χ2n) is 8.04. The first kappa shape index (κ1) is 22.1.